The summed E-state index contributed by atoms with van der Waals surface area (Å²) in [5, 5.41) is 17.7. The largest absolute Gasteiger partial charge is 0.480 e. The van der Waals surface area contributed by atoms with E-state index in [2.05, 4.69) is 16.0 Å². The van der Waals surface area contributed by atoms with E-state index < -0.39 is 47.9 Å². The molecule has 30 heavy (non-hydrogen) atoms. The third-order valence-corrected chi connectivity index (χ3v) is 4.56. The van der Waals surface area contributed by atoms with E-state index in [0.717, 1.165) is 0 Å². The maximum atomic E-state index is 13.0. The summed E-state index contributed by atoms with van der Waals surface area (Å²) >= 11 is 0. The van der Waals surface area contributed by atoms with E-state index in [-0.39, 0.29) is 17.8 Å². The lowest BCUT2D eigenvalue weighted by Gasteiger charge is -2.28. The van der Waals surface area contributed by atoms with Crippen molar-refractivity contribution in [3.63, 3.8) is 0 Å². The van der Waals surface area contributed by atoms with Crippen LogP contribution in [0.1, 0.15) is 67.7 Å². The van der Waals surface area contributed by atoms with Gasteiger partial charge in [0.25, 0.3) is 0 Å². The molecule has 0 spiro atoms. The van der Waals surface area contributed by atoms with Gasteiger partial charge in [-0.1, -0.05) is 41.5 Å². The van der Waals surface area contributed by atoms with Crippen LogP contribution in [0.4, 0.5) is 0 Å². The molecule has 0 saturated carbocycles. The van der Waals surface area contributed by atoms with Gasteiger partial charge in [-0.15, -0.1) is 0 Å². The molecule has 0 fully saturated rings. The minimum absolute atomic E-state index is 0.106. The van der Waals surface area contributed by atoms with E-state index in [4.69, 9.17) is 5.73 Å². The molecule has 0 saturated heterocycles. The highest BCUT2D eigenvalue weighted by Gasteiger charge is 2.31. The van der Waals surface area contributed by atoms with Crippen LogP contribution in [0.3, 0.4) is 0 Å². The van der Waals surface area contributed by atoms with E-state index in [0.29, 0.717) is 19.3 Å². The molecule has 0 rings (SSSR count). The zero-order chi connectivity index (χ0) is 23.6. The SMILES string of the molecule is CC(C)CC(N[C@@H](CC(C)C)C(=O)N[C@@H](CC(C)C)C(=O)N[C@@H](C)C(N)=O)C(=O)O. The number of carboxylic acid groups (broad SMARTS) is 1. The Kier molecular flexibility index (Phi) is 12.3. The molecule has 6 N–H and O–H groups in total. The molecule has 0 aromatic rings. The Bertz CT molecular complexity index is 592. The van der Waals surface area contributed by atoms with E-state index in [9.17, 15) is 24.3 Å². The second kappa shape index (κ2) is 13.2. The summed E-state index contributed by atoms with van der Waals surface area (Å²) in [5.74, 6) is -2.25. The minimum Gasteiger partial charge on any atom is -0.480 e. The summed E-state index contributed by atoms with van der Waals surface area (Å²) in [6.45, 7) is 13.0. The molecule has 0 aromatic carbocycles. The third kappa shape index (κ3) is 11.1. The molecule has 9 heteroatoms. The summed E-state index contributed by atoms with van der Waals surface area (Å²) in [5.41, 5.74) is 5.21. The summed E-state index contributed by atoms with van der Waals surface area (Å²) in [7, 11) is 0. The van der Waals surface area contributed by atoms with Crippen LogP contribution in [0.5, 0.6) is 0 Å². The minimum atomic E-state index is -1.02. The highest BCUT2D eigenvalue weighted by atomic mass is 16.4. The normalized spacial score (nSPS) is 15.5. The van der Waals surface area contributed by atoms with Crippen LogP contribution in [0, 0.1) is 17.8 Å². The van der Waals surface area contributed by atoms with Crippen molar-refractivity contribution in [2.24, 2.45) is 23.5 Å². The molecule has 0 aliphatic carbocycles. The molecular formula is C21H40N4O5. The van der Waals surface area contributed by atoms with Gasteiger partial charge >= 0.3 is 5.97 Å². The second-order valence-corrected chi connectivity index (χ2v) is 9.19. The van der Waals surface area contributed by atoms with Crippen molar-refractivity contribution in [1.29, 1.82) is 0 Å². The molecule has 3 amide bonds. The smallest absolute Gasteiger partial charge is 0.320 e. The molecule has 0 radical (unpaired) electrons. The molecule has 0 bridgehead atoms. The average molecular weight is 429 g/mol. The number of rotatable bonds is 14. The van der Waals surface area contributed by atoms with Gasteiger partial charge in [0.15, 0.2) is 0 Å². The number of primary amides is 1. The molecule has 4 atom stereocenters. The third-order valence-electron chi connectivity index (χ3n) is 4.56. The Balaban J connectivity index is 5.47. The highest BCUT2D eigenvalue weighted by Crippen LogP contribution is 2.12. The van der Waals surface area contributed by atoms with Crippen LogP contribution in [0.15, 0.2) is 0 Å². The van der Waals surface area contributed by atoms with Gasteiger partial charge in [-0.25, -0.2) is 0 Å². The first-order valence-corrected chi connectivity index (χ1v) is 10.6. The van der Waals surface area contributed by atoms with Crippen LogP contribution in [-0.2, 0) is 19.2 Å². The topological polar surface area (TPSA) is 151 Å². The van der Waals surface area contributed by atoms with Gasteiger partial charge in [0.05, 0.1) is 6.04 Å². The van der Waals surface area contributed by atoms with Gasteiger partial charge in [-0.05, 0) is 43.9 Å². The van der Waals surface area contributed by atoms with E-state index in [1.165, 1.54) is 6.92 Å². The summed E-state index contributed by atoms with van der Waals surface area (Å²) in [6, 6.07) is -3.35. The maximum absolute atomic E-state index is 13.0. The molecule has 0 aliphatic heterocycles. The zero-order valence-corrected chi connectivity index (χ0v) is 19.3. The van der Waals surface area contributed by atoms with Gasteiger partial charge < -0.3 is 21.5 Å². The lowest BCUT2D eigenvalue weighted by Crippen LogP contribution is -2.57. The Labute approximate surface area is 179 Å². The van der Waals surface area contributed by atoms with Crippen LogP contribution < -0.4 is 21.7 Å². The summed E-state index contributed by atoms with van der Waals surface area (Å²) in [4.78, 5) is 48.5. The van der Waals surface area contributed by atoms with E-state index in [1.807, 2.05) is 41.5 Å². The molecule has 9 nitrogen and oxygen atoms in total. The molecule has 174 valence electrons. The second-order valence-electron chi connectivity index (χ2n) is 9.19. The fourth-order valence-electron chi connectivity index (χ4n) is 3.04. The molecule has 0 aromatic heterocycles. The zero-order valence-electron chi connectivity index (χ0n) is 19.3. The number of carboxylic acids is 1. The van der Waals surface area contributed by atoms with Crippen LogP contribution >= 0.6 is 0 Å². The summed E-state index contributed by atoms with van der Waals surface area (Å²) in [6.07, 6.45) is 1.16. The number of carbonyl (C=O) groups excluding carboxylic acids is 3. The first kappa shape index (κ1) is 27.8. The van der Waals surface area contributed by atoms with Crippen LogP contribution in [0.25, 0.3) is 0 Å². The Morgan fingerprint density at radius 1 is 0.700 bits per heavy atom. The molecule has 1 unspecified atom stereocenters. The number of carbonyl (C=O) groups is 4. The quantitative estimate of drug-likeness (QED) is 0.279. The Morgan fingerprint density at radius 3 is 1.50 bits per heavy atom. The van der Waals surface area contributed by atoms with Crippen molar-refractivity contribution < 1.29 is 24.3 Å². The maximum Gasteiger partial charge on any atom is 0.320 e. The fraction of sp³-hybridized carbons (Fsp3) is 0.810. The number of nitrogens with two attached hydrogens (primary N) is 1. The lowest BCUT2D eigenvalue weighted by molar-refractivity contribution is -0.140. The standard InChI is InChI=1S/C21H40N4O5/c1-11(2)8-15(24-17(21(29)30)10-13(5)6)20(28)25-16(9-12(3)4)19(27)23-14(7)18(22)26/h11-17,24H,8-10H2,1-7H3,(H2,22,26)(H,23,27)(H,25,28)(H,29,30)/t14-,15-,16-,17?/m0/s1. The van der Waals surface area contributed by atoms with Crippen molar-refractivity contribution in [2.45, 2.75) is 91.9 Å². The van der Waals surface area contributed by atoms with E-state index in [1.54, 1.807) is 0 Å². The Hall–Kier alpha value is -2.16. The number of nitrogens with one attached hydrogen (secondary N) is 3. The van der Waals surface area contributed by atoms with Crippen LogP contribution in [-0.4, -0.2) is 53.0 Å². The average Bonchev–Trinajstić information content (AvgIpc) is 2.58. The number of hydrogen-bond acceptors (Lipinski definition) is 5. The number of aliphatic carboxylic acids is 1. The van der Waals surface area contributed by atoms with Gasteiger partial charge in [-0.3, -0.25) is 24.5 Å². The first-order valence-electron chi connectivity index (χ1n) is 10.6. The van der Waals surface area contributed by atoms with Gasteiger partial charge in [-0.2, -0.15) is 0 Å². The predicted molar refractivity (Wildman–Crippen MR) is 115 cm³/mol. The van der Waals surface area contributed by atoms with Crippen molar-refractivity contribution in [3.05, 3.63) is 0 Å². The summed E-state index contributed by atoms with van der Waals surface area (Å²) < 4.78 is 0. The van der Waals surface area contributed by atoms with Crippen molar-refractivity contribution in [2.75, 3.05) is 0 Å². The van der Waals surface area contributed by atoms with Crippen molar-refractivity contribution in [3.8, 4) is 0 Å². The predicted octanol–water partition coefficient (Wildman–Crippen LogP) is 1.01. The van der Waals surface area contributed by atoms with Crippen molar-refractivity contribution >= 4 is 23.7 Å². The monoisotopic (exact) mass is 428 g/mol. The molecule has 0 heterocycles. The van der Waals surface area contributed by atoms with Gasteiger partial charge in [0, 0.05) is 0 Å². The van der Waals surface area contributed by atoms with Gasteiger partial charge in [0.1, 0.15) is 18.1 Å². The van der Waals surface area contributed by atoms with Crippen molar-refractivity contribution in [1.82, 2.24) is 16.0 Å². The first-order chi connectivity index (χ1) is 13.7. The van der Waals surface area contributed by atoms with E-state index >= 15 is 0 Å². The number of hydrogen-bond donors (Lipinski definition) is 5. The van der Waals surface area contributed by atoms with Gasteiger partial charge in [0.2, 0.25) is 17.7 Å². The molecule has 0 aliphatic rings. The number of amides is 3. The Morgan fingerprint density at radius 2 is 1.10 bits per heavy atom. The fourth-order valence-corrected chi connectivity index (χ4v) is 3.04. The lowest BCUT2D eigenvalue weighted by atomic mass is 9.97. The van der Waals surface area contributed by atoms with Crippen LogP contribution in [0.2, 0.25) is 0 Å². The highest BCUT2D eigenvalue weighted by molar-refractivity contribution is 5.92. The molecular weight excluding hydrogens is 388 g/mol.